The average molecular weight is 509 g/mol. The molecule has 0 amide bonds. The lowest BCUT2D eigenvalue weighted by Crippen LogP contribution is -2.41. The number of rotatable bonds is 6. The molecule has 2 aromatic carbocycles. The molecule has 1 spiro atoms. The van der Waals surface area contributed by atoms with Crippen molar-refractivity contribution in [3.8, 4) is 0 Å². The van der Waals surface area contributed by atoms with Crippen molar-refractivity contribution in [2.45, 2.75) is 45.1 Å². The summed E-state index contributed by atoms with van der Waals surface area (Å²) in [5.74, 6) is -0.192. The Kier molecular flexibility index (Phi) is 6.46. The second-order valence-electron chi connectivity index (χ2n) is 11.4. The van der Waals surface area contributed by atoms with E-state index in [1.807, 2.05) is 25.4 Å². The zero-order chi connectivity index (χ0) is 26.3. The fraction of sp³-hybridized carbons (Fsp3) is 0.364. The number of fused-ring (bicyclic) bond motifs is 1. The molecule has 0 bridgehead atoms. The number of halogens is 1. The quantitative estimate of drug-likeness (QED) is 0.400. The fourth-order valence-corrected chi connectivity index (χ4v) is 6.70. The molecule has 1 atom stereocenters. The molecular weight excluding hydrogens is 471 g/mol. The first kappa shape index (κ1) is 24.7. The van der Waals surface area contributed by atoms with Crippen LogP contribution in [0.5, 0.6) is 0 Å². The molecule has 196 valence electrons. The van der Waals surface area contributed by atoms with Crippen LogP contribution in [-0.2, 0) is 6.42 Å². The number of hydrogen-bond donors (Lipinski definition) is 1. The van der Waals surface area contributed by atoms with E-state index in [0.717, 1.165) is 56.0 Å². The maximum absolute atomic E-state index is 14.1. The van der Waals surface area contributed by atoms with E-state index in [1.54, 1.807) is 6.07 Å². The minimum Gasteiger partial charge on any atom is -0.378 e. The number of hydrogen-bond acceptors (Lipinski definition) is 4. The number of likely N-dealkylation sites (tertiary alicyclic amines) is 1. The molecule has 1 unspecified atom stereocenters. The van der Waals surface area contributed by atoms with Crippen LogP contribution in [0.2, 0.25) is 0 Å². The Morgan fingerprint density at radius 2 is 1.79 bits per heavy atom. The number of aryl methyl sites for hydroxylation is 1. The fourth-order valence-electron chi connectivity index (χ4n) is 6.70. The summed E-state index contributed by atoms with van der Waals surface area (Å²) in [5, 5.41) is 3.61. The third-order valence-electron chi connectivity index (χ3n) is 9.17. The zero-order valence-corrected chi connectivity index (χ0v) is 22.3. The molecule has 0 saturated carbocycles. The van der Waals surface area contributed by atoms with Gasteiger partial charge in [0.1, 0.15) is 5.82 Å². The first-order valence-electron chi connectivity index (χ1n) is 13.9. The predicted molar refractivity (Wildman–Crippen MR) is 154 cm³/mol. The monoisotopic (exact) mass is 508 g/mol. The number of nitrogens with one attached hydrogen (secondary N) is 1. The number of nitrogens with zero attached hydrogens (tertiary/aromatic N) is 3. The average Bonchev–Trinajstić information content (AvgIpc) is 3.54. The zero-order valence-electron chi connectivity index (χ0n) is 22.3. The van der Waals surface area contributed by atoms with Crippen LogP contribution in [-0.4, -0.2) is 36.1 Å². The Morgan fingerprint density at radius 1 is 1.03 bits per heavy atom. The Bertz CT molecular complexity index is 1360. The van der Waals surface area contributed by atoms with Gasteiger partial charge in [0.05, 0.1) is 6.04 Å². The summed E-state index contributed by atoms with van der Waals surface area (Å²) in [7, 11) is 0. The molecule has 6 rings (SSSR count). The molecule has 3 aromatic rings. The van der Waals surface area contributed by atoms with Gasteiger partial charge in [-0.05, 0) is 91.0 Å². The van der Waals surface area contributed by atoms with E-state index < -0.39 is 0 Å². The molecule has 0 radical (unpaired) electrons. The van der Waals surface area contributed by atoms with Crippen LogP contribution in [0.15, 0.2) is 74.1 Å². The molecule has 2 saturated heterocycles. The van der Waals surface area contributed by atoms with Crippen LogP contribution in [0.25, 0.3) is 11.4 Å². The number of piperidine rings is 1. The van der Waals surface area contributed by atoms with E-state index in [2.05, 4.69) is 63.6 Å². The number of pyridine rings is 1. The first-order valence-corrected chi connectivity index (χ1v) is 13.9. The van der Waals surface area contributed by atoms with Crippen LogP contribution in [0.3, 0.4) is 0 Å². The summed E-state index contributed by atoms with van der Waals surface area (Å²) in [6, 6.07) is 16.4. The van der Waals surface area contributed by atoms with Crippen molar-refractivity contribution >= 4 is 17.1 Å². The summed E-state index contributed by atoms with van der Waals surface area (Å²) in [6.07, 6.45) is 9.49. The summed E-state index contributed by atoms with van der Waals surface area (Å²) in [4.78, 5) is 9.17. The van der Waals surface area contributed by atoms with E-state index in [-0.39, 0.29) is 11.9 Å². The third kappa shape index (κ3) is 4.59. The van der Waals surface area contributed by atoms with Crippen LogP contribution in [0.1, 0.15) is 59.5 Å². The first-order chi connectivity index (χ1) is 18.4. The van der Waals surface area contributed by atoms with Crippen LogP contribution < -0.4 is 10.2 Å². The number of aromatic nitrogens is 1. The van der Waals surface area contributed by atoms with Gasteiger partial charge in [-0.25, -0.2) is 4.39 Å². The molecule has 5 heteroatoms. The van der Waals surface area contributed by atoms with Gasteiger partial charge in [-0.3, -0.25) is 4.98 Å². The van der Waals surface area contributed by atoms with Gasteiger partial charge in [-0.1, -0.05) is 37.4 Å². The third-order valence-corrected chi connectivity index (χ3v) is 9.17. The van der Waals surface area contributed by atoms with Crippen molar-refractivity contribution in [3.63, 3.8) is 0 Å². The second-order valence-corrected chi connectivity index (χ2v) is 11.4. The molecule has 2 aliphatic heterocycles. The van der Waals surface area contributed by atoms with Gasteiger partial charge >= 0.3 is 0 Å². The molecule has 1 aliphatic carbocycles. The Morgan fingerprint density at radius 3 is 2.58 bits per heavy atom. The molecule has 3 aliphatic rings. The van der Waals surface area contributed by atoms with E-state index in [4.69, 9.17) is 0 Å². The normalized spacial score (nSPS) is 20.0. The molecule has 4 nitrogen and oxygen atoms in total. The molecule has 1 aromatic heterocycles. The predicted octanol–water partition coefficient (Wildman–Crippen LogP) is 6.74. The van der Waals surface area contributed by atoms with Crippen molar-refractivity contribution in [2.75, 3.05) is 31.1 Å². The molecule has 38 heavy (non-hydrogen) atoms. The Labute approximate surface area is 225 Å². The van der Waals surface area contributed by atoms with Crippen molar-refractivity contribution < 1.29 is 4.39 Å². The smallest absolute Gasteiger partial charge is 0.126 e. The van der Waals surface area contributed by atoms with Crippen molar-refractivity contribution in [1.82, 2.24) is 15.2 Å². The topological polar surface area (TPSA) is 31.4 Å². The van der Waals surface area contributed by atoms with Gasteiger partial charge in [-0.15, -0.1) is 0 Å². The highest BCUT2D eigenvalue weighted by Gasteiger charge is 2.41. The Balaban J connectivity index is 1.12. The van der Waals surface area contributed by atoms with Gasteiger partial charge in [-0.2, -0.15) is 0 Å². The van der Waals surface area contributed by atoms with Crippen LogP contribution >= 0.6 is 0 Å². The summed E-state index contributed by atoms with van der Waals surface area (Å²) in [5.41, 5.74) is 8.96. The lowest BCUT2D eigenvalue weighted by molar-refractivity contribution is 0.231. The van der Waals surface area contributed by atoms with Crippen molar-refractivity contribution in [3.05, 3.63) is 108 Å². The van der Waals surface area contributed by atoms with Gasteiger partial charge in [0.15, 0.2) is 0 Å². The number of anilines is 1. The molecule has 1 N–H and O–H groups in total. The van der Waals surface area contributed by atoms with Gasteiger partial charge in [0.2, 0.25) is 0 Å². The maximum Gasteiger partial charge on any atom is 0.126 e. The van der Waals surface area contributed by atoms with Gasteiger partial charge < -0.3 is 15.1 Å². The standard InChI is InChI=1S/C33H37FN4/c1-23-29(5-4-6-31(23)34)24(2)36-32-10-9-26-7-8-27(21-30(26)32)25(3)38-20-15-33(22-38)13-18-37(19-14-33)28-11-16-35-17-12-28/h4-8,11-12,16-17,21,32,36H,2-3,9-10,13-15,18-20,22H2,1H3. The second kappa shape index (κ2) is 9.94. The molecular formula is C33H37FN4. The van der Waals surface area contributed by atoms with Crippen molar-refractivity contribution in [2.24, 2.45) is 5.41 Å². The SMILES string of the molecule is C=C(NC1CCc2ccc(C(=C)N3CCC4(CCN(c5ccncc5)CC4)C3)cc21)c1cccc(F)c1C. The highest BCUT2D eigenvalue weighted by Crippen LogP contribution is 2.44. The van der Waals surface area contributed by atoms with E-state index in [1.165, 1.54) is 47.7 Å². The lowest BCUT2D eigenvalue weighted by Gasteiger charge is -2.40. The number of benzene rings is 2. The Hall–Kier alpha value is -3.60. The highest BCUT2D eigenvalue weighted by atomic mass is 19.1. The van der Waals surface area contributed by atoms with E-state index in [9.17, 15) is 4.39 Å². The lowest BCUT2D eigenvalue weighted by atomic mass is 9.77. The minimum atomic E-state index is -0.192. The highest BCUT2D eigenvalue weighted by molar-refractivity contribution is 5.67. The summed E-state index contributed by atoms with van der Waals surface area (Å²) < 4.78 is 14.1. The maximum atomic E-state index is 14.1. The minimum absolute atomic E-state index is 0.176. The molecule has 2 fully saturated rings. The van der Waals surface area contributed by atoms with Gasteiger partial charge in [0, 0.05) is 61.2 Å². The largest absolute Gasteiger partial charge is 0.378 e. The summed E-state index contributed by atoms with van der Waals surface area (Å²) >= 11 is 0. The van der Waals surface area contributed by atoms with Gasteiger partial charge in [0.25, 0.3) is 0 Å². The van der Waals surface area contributed by atoms with Crippen LogP contribution in [0, 0.1) is 18.2 Å². The summed E-state index contributed by atoms with van der Waals surface area (Å²) in [6.45, 7) is 15.0. The van der Waals surface area contributed by atoms with E-state index in [0.29, 0.717) is 11.0 Å². The van der Waals surface area contributed by atoms with E-state index >= 15 is 0 Å². The van der Waals surface area contributed by atoms with Crippen LogP contribution in [0.4, 0.5) is 10.1 Å². The molecule has 3 heterocycles. The van der Waals surface area contributed by atoms with Crippen molar-refractivity contribution in [1.29, 1.82) is 0 Å².